The summed E-state index contributed by atoms with van der Waals surface area (Å²) in [5.41, 5.74) is 1.26. The smallest absolute Gasteiger partial charge is 0.225 e. The number of nitrogens with zero attached hydrogens (tertiary/aromatic N) is 6. The van der Waals surface area contributed by atoms with Gasteiger partial charge >= 0.3 is 0 Å². The van der Waals surface area contributed by atoms with E-state index >= 15 is 0 Å². The van der Waals surface area contributed by atoms with Crippen LogP contribution in [0, 0.1) is 5.92 Å². The molecule has 2 aromatic rings. The molecule has 2 aliphatic heterocycles. The molecule has 0 spiro atoms. The average molecular weight is 429 g/mol. The van der Waals surface area contributed by atoms with E-state index < -0.39 is 0 Å². The van der Waals surface area contributed by atoms with Gasteiger partial charge < -0.3 is 9.80 Å². The van der Waals surface area contributed by atoms with Gasteiger partial charge in [0, 0.05) is 74.9 Å². The Morgan fingerprint density at radius 3 is 2.43 bits per heavy atom. The van der Waals surface area contributed by atoms with E-state index in [9.17, 15) is 4.79 Å². The number of carbonyl (C=O) groups is 1. The zero-order valence-corrected chi connectivity index (χ0v) is 19.1. The Bertz CT molecular complexity index is 833. The molecule has 1 amide bonds. The quantitative estimate of drug-likeness (QED) is 0.746. The van der Waals surface area contributed by atoms with Crippen LogP contribution in [0.4, 0.5) is 5.82 Å². The van der Waals surface area contributed by atoms with Gasteiger partial charge in [-0.3, -0.25) is 14.7 Å². The Labute approximate surface area is 183 Å². The Kier molecular flexibility index (Phi) is 6.34. The zero-order chi connectivity index (χ0) is 21.1. The van der Waals surface area contributed by atoms with E-state index in [1.54, 1.807) is 29.9 Å². The first-order valence-electron chi connectivity index (χ1n) is 10.9. The van der Waals surface area contributed by atoms with Crippen LogP contribution >= 0.6 is 11.3 Å². The van der Waals surface area contributed by atoms with Gasteiger partial charge in [0.05, 0.1) is 16.9 Å². The third kappa shape index (κ3) is 4.98. The Hall–Kier alpha value is -2.06. The maximum Gasteiger partial charge on any atom is 0.225 e. The van der Waals surface area contributed by atoms with E-state index in [1.165, 1.54) is 5.01 Å². The van der Waals surface area contributed by atoms with Crippen molar-refractivity contribution < 1.29 is 4.79 Å². The van der Waals surface area contributed by atoms with Gasteiger partial charge in [0.1, 0.15) is 5.82 Å². The van der Waals surface area contributed by atoms with Crippen LogP contribution in [0.15, 0.2) is 24.0 Å². The summed E-state index contributed by atoms with van der Waals surface area (Å²) in [7, 11) is 0. The summed E-state index contributed by atoms with van der Waals surface area (Å²) in [6, 6.07) is 0. The molecule has 4 rings (SSSR count). The number of anilines is 1. The van der Waals surface area contributed by atoms with Gasteiger partial charge in [-0.1, -0.05) is 20.8 Å². The van der Waals surface area contributed by atoms with E-state index in [2.05, 4.69) is 50.8 Å². The van der Waals surface area contributed by atoms with Gasteiger partial charge in [0.2, 0.25) is 5.91 Å². The summed E-state index contributed by atoms with van der Waals surface area (Å²) < 4.78 is 0. The van der Waals surface area contributed by atoms with E-state index in [-0.39, 0.29) is 11.3 Å². The van der Waals surface area contributed by atoms with Crippen LogP contribution in [0.2, 0.25) is 0 Å². The fraction of sp³-hybridized carbons (Fsp3) is 0.636. The molecule has 2 aliphatic rings. The van der Waals surface area contributed by atoms with Crippen molar-refractivity contribution in [3.63, 3.8) is 0 Å². The summed E-state index contributed by atoms with van der Waals surface area (Å²) >= 11 is 1.75. The van der Waals surface area contributed by atoms with Crippen LogP contribution < -0.4 is 4.90 Å². The van der Waals surface area contributed by atoms with E-state index in [0.717, 1.165) is 70.2 Å². The second-order valence-electron chi connectivity index (χ2n) is 9.32. The first kappa shape index (κ1) is 21.2. The van der Waals surface area contributed by atoms with Gasteiger partial charge in [-0.15, -0.1) is 11.3 Å². The maximum atomic E-state index is 13.0. The lowest BCUT2D eigenvalue weighted by atomic mass is 9.95. The minimum Gasteiger partial charge on any atom is -0.355 e. The van der Waals surface area contributed by atoms with Gasteiger partial charge in [-0.25, -0.2) is 9.97 Å². The highest BCUT2D eigenvalue weighted by atomic mass is 32.1. The van der Waals surface area contributed by atoms with Crippen molar-refractivity contribution in [1.82, 2.24) is 24.8 Å². The molecule has 0 aliphatic carbocycles. The largest absolute Gasteiger partial charge is 0.355 e. The molecular weight excluding hydrogens is 396 g/mol. The van der Waals surface area contributed by atoms with Crippen molar-refractivity contribution >= 4 is 23.1 Å². The molecular formula is C22H32N6OS. The summed E-state index contributed by atoms with van der Waals surface area (Å²) in [6.07, 6.45) is 7.00. The summed E-state index contributed by atoms with van der Waals surface area (Å²) in [6.45, 7) is 12.7. The Balaban J connectivity index is 1.23. The lowest BCUT2D eigenvalue weighted by Crippen LogP contribution is -2.51. The first-order valence-corrected chi connectivity index (χ1v) is 11.7. The highest BCUT2D eigenvalue weighted by molar-refractivity contribution is 7.09. The number of rotatable bonds is 4. The van der Waals surface area contributed by atoms with Gasteiger partial charge in [0.15, 0.2) is 0 Å². The molecule has 0 aromatic carbocycles. The molecule has 162 valence electrons. The minimum atomic E-state index is 0.108. The number of aromatic nitrogens is 3. The number of hydrogen-bond acceptors (Lipinski definition) is 7. The molecule has 0 N–H and O–H groups in total. The Morgan fingerprint density at radius 2 is 1.83 bits per heavy atom. The molecule has 0 bridgehead atoms. The van der Waals surface area contributed by atoms with Crippen molar-refractivity contribution in [3.8, 4) is 0 Å². The van der Waals surface area contributed by atoms with Crippen LogP contribution in [-0.4, -0.2) is 69.9 Å². The SMILES string of the molecule is CC(C)(C)c1nc(CN2CCN(C(=O)C3CCN(c4cnccn4)CC3)CC2)cs1. The number of carbonyl (C=O) groups excluding carboxylic acids is 1. The standard InChI is InChI=1S/C22H32N6OS/c1-22(2,3)21-25-18(16-30-21)15-26-10-12-28(13-11-26)20(29)17-4-8-27(9-5-17)19-14-23-6-7-24-19/h6-7,14,16-17H,4-5,8-13,15H2,1-3H3. The highest BCUT2D eigenvalue weighted by Crippen LogP contribution is 2.27. The number of thiazole rings is 1. The number of amides is 1. The van der Waals surface area contributed by atoms with Gasteiger partial charge in [0.25, 0.3) is 0 Å². The predicted octanol–water partition coefficient (Wildman–Crippen LogP) is 2.79. The number of piperidine rings is 1. The zero-order valence-electron chi connectivity index (χ0n) is 18.3. The molecule has 0 radical (unpaired) electrons. The topological polar surface area (TPSA) is 65.5 Å². The maximum absolute atomic E-state index is 13.0. The molecule has 8 heteroatoms. The van der Waals surface area contributed by atoms with Crippen molar-refractivity contribution in [2.45, 2.75) is 45.6 Å². The van der Waals surface area contributed by atoms with Gasteiger partial charge in [-0.05, 0) is 12.8 Å². The van der Waals surface area contributed by atoms with E-state index in [0.29, 0.717) is 5.91 Å². The lowest BCUT2D eigenvalue weighted by molar-refractivity contribution is -0.138. The fourth-order valence-electron chi connectivity index (χ4n) is 4.15. The lowest BCUT2D eigenvalue weighted by Gasteiger charge is -2.38. The monoisotopic (exact) mass is 428 g/mol. The molecule has 2 fully saturated rings. The third-order valence-electron chi connectivity index (χ3n) is 5.98. The summed E-state index contributed by atoms with van der Waals surface area (Å²) in [4.78, 5) is 33.1. The van der Waals surface area contributed by atoms with Crippen molar-refractivity contribution in [1.29, 1.82) is 0 Å². The summed E-state index contributed by atoms with van der Waals surface area (Å²) in [5, 5.41) is 3.38. The molecule has 4 heterocycles. The van der Waals surface area contributed by atoms with E-state index in [4.69, 9.17) is 4.98 Å². The molecule has 0 atom stereocenters. The van der Waals surface area contributed by atoms with Crippen LogP contribution in [0.25, 0.3) is 0 Å². The summed E-state index contributed by atoms with van der Waals surface area (Å²) in [5.74, 6) is 1.38. The van der Waals surface area contributed by atoms with Crippen LogP contribution in [0.3, 0.4) is 0 Å². The molecule has 30 heavy (non-hydrogen) atoms. The Morgan fingerprint density at radius 1 is 1.10 bits per heavy atom. The second kappa shape index (κ2) is 8.98. The van der Waals surface area contributed by atoms with Crippen molar-refractivity contribution in [3.05, 3.63) is 34.7 Å². The van der Waals surface area contributed by atoms with Crippen LogP contribution in [-0.2, 0) is 16.8 Å². The molecule has 2 aromatic heterocycles. The minimum absolute atomic E-state index is 0.108. The number of piperazine rings is 1. The predicted molar refractivity (Wildman–Crippen MR) is 120 cm³/mol. The van der Waals surface area contributed by atoms with Crippen molar-refractivity contribution in [2.75, 3.05) is 44.2 Å². The average Bonchev–Trinajstić information content (AvgIpc) is 3.24. The normalized spacial score (nSPS) is 19.3. The number of hydrogen-bond donors (Lipinski definition) is 0. The second-order valence-corrected chi connectivity index (χ2v) is 10.2. The van der Waals surface area contributed by atoms with Crippen LogP contribution in [0.1, 0.15) is 44.3 Å². The fourth-order valence-corrected chi connectivity index (χ4v) is 5.05. The van der Waals surface area contributed by atoms with Gasteiger partial charge in [-0.2, -0.15) is 0 Å². The highest BCUT2D eigenvalue weighted by Gasteiger charge is 2.31. The molecule has 0 saturated carbocycles. The molecule has 7 nitrogen and oxygen atoms in total. The first-order chi connectivity index (χ1) is 14.4. The molecule has 2 saturated heterocycles. The third-order valence-corrected chi connectivity index (χ3v) is 7.30. The van der Waals surface area contributed by atoms with Crippen LogP contribution in [0.5, 0.6) is 0 Å². The van der Waals surface area contributed by atoms with Crippen molar-refractivity contribution in [2.24, 2.45) is 5.92 Å². The van der Waals surface area contributed by atoms with E-state index in [1.807, 2.05) is 0 Å². The molecule has 0 unspecified atom stereocenters.